The van der Waals surface area contributed by atoms with E-state index in [4.69, 9.17) is 9.98 Å². The monoisotopic (exact) mass is 490 g/mol. The molecule has 0 unspecified atom stereocenters. The predicted molar refractivity (Wildman–Crippen MR) is 154 cm³/mol. The molecule has 1 fully saturated rings. The molecule has 2 aromatic rings. The average molecular weight is 491 g/mol. The van der Waals surface area contributed by atoms with E-state index in [9.17, 15) is 10.2 Å². The maximum atomic E-state index is 10.9. The fourth-order valence-electron chi connectivity index (χ4n) is 4.94. The first kappa shape index (κ1) is 28.0. The maximum Gasteiger partial charge on any atom is 0.127 e. The van der Waals surface area contributed by atoms with Crippen molar-refractivity contribution in [3.63, 3.8) is 0 Å². The van der Waals surface area contributed by atoms with Crippen LogP contribution < -0.4 is 0 Å². The molecule has 0 saturated heterocycles. The SMILES string of the molecule is CC(C)c1cc(C=N[C@@H]2CCCC[C@H]2N=Cc2cc(C(C)C)cc(C(C)C)c2O)c(O)c(C(C)C)c1. The van der Waals surface area contributed by atoms with E-state index in [1.807, 2.05) is 12.4 Å². The number of hydrogen-bond acceptors (Lipinski definition) is 4. The first-order valence-electron chi connectivity index (χ1n) is 13.8. The van der Waals surface area contributed by atoms with Gasteiger partial charge in [0.05, 0.1) is 12.1 Å². The Balaban J connectivity index is 1.91. The number of benzene rings is 2. The number of aliphatic imine (C=N–C) groups is 2. The summed E-state index contributed by atoms with van der Waals surface area (Å²) in [6, 6.07) is 8.52. The summed E-state index contributed by atoms with van der Waals surface area (Å²) in [5.74, 6) is 1.93. The molecule has 4 nitrogen and oxygen atoms in total. The third kappa shape index (κ3) is 6.57. The fraction of sp³-hybridized carbons (Fsp3) is 0.562. The Hall–Kier alpha value is -2.62. The first-order valence-corrected chi connectivity index (χ1v) is 13.8. The van der Waals surface area contributed by atoms with Crippen LogP contribution in [-0.4, -0.2) is 34.7 Å². The van der Waals surface area contributed by atoms with Crippen LogP contribution in [0.4, 0.5) is 0 Å². The maximum absolute atomic E-state index is 10.9. The van der Waals surface area contributed by atoms with E-state index < -0.39 is 0 Å². The van der Waals surface area contributed by atoms with E-state index in [1.165, 1.54) is 11.1 Å². The number of phenols is 2. The summed E-state index contributed by atoms with van der Waals surface area (Å²) in [6.45, 7) is 17.2. The standard InChI is InChI=1S/C32H46N2O2/c1-19(2)23-13-25(31(35)27(15-23)21(5)6)17-33-29-11-9-10-12-30(29)34-18-26-14-24(20(3)4)16-28(22(7)8)32(26)36/h13-22,29-30,35-36H,9-12H2,1-8H3/t29-,30-/m1/s1. The van der Waals surface area contributed by atoms with Crippen molar-refractivity contribution in [2.24, 2.45) is 9.98 Å². The van der Waals surface area contributed by atoms with Crippen molar-refractivity contribution in [2.75, 3.05) is 0 Å². The first-order chi connectivity index (χ1) is 17.0. The van der Waals surface area contributed by atoms with Crippen molar-refractivity contribution >= 4 is 12.4 Å². The number of hydrogen-bond donors (Lipinski definition) is 2. The largest absolute Gasteiger partial charge is 0.507 e. The summed E-state index contributed by atoms with van der Waals surface area (Å²) in [6.07, 6.45) is 7.95. The molecule has 2 atom stereocenters. The van der Waals surface area contributed by atoms with E-state index in [0.717, 1.165) is 47.9 Å². The highest BCUT2D eigenvalue weighted by Gasteiger charge is 2.24. The normalized spacial score (nSPS) is 19.1. The molecule has 3 rings (SSSR count). The zero-order chi connectivity index (χ0) is 26.6. The lowest BCUT2D eigenvalue weighted by atomic mass is 9.90. The Kier molecular flexibility index (Phi) is 9.38. The summed E-state index contributed by atoms with van der Waals surface area (Å²) in [4.78, 5) is 9.92. The Bertz CT molecular complexity index is 1010. The number of phenolic OH excluding ortho intramolecular Hbond substituents is 2. The van der Waals surface area contributed by atoms with Crippen LogP contribution in [0.2, 0.25) is 0 Å². The summed E-state index contributed by atoms with van der Waals surface area (Å²) < 4.78 is 0. The third-order valence-corrected chi connectivity index (χ3v) is 7.46. The zero-order valence-corrected chi connectivity index (χ0v) is 23.5. The predicted octanol–water partition coefficient (Wildman–Crippen LogP) is 8.44. The number of nitrogens with zero attached hydrogens (tertiary/aromatic N) is 2. The van der Waals surface area contributed by atoms with Crippen LogP contribution in [0, 0.1) is 0 Å². The van der Waals surface area contributed by atoms with Crippen molar-refractivity contribution in [1.29, 1.82) is 0 Å². The van der Waals surface area contributed by atoms with Gasteiger partial charge in [-0.15, -0.1) is 0 Å². The summed E-state index contributed by atoms with van der Waals surface area (Å²) in [5, 5.41) is 21.9. The lowest BCUT2D eigenvalue weighted by Crippen LogP contribution is -2.27. The number of rotatable bonds is 8. The molecule has 36 heavy (non-hydrogen) atoms. The van der Waals surface area contributed by atoms with Gasteiger partial charge in [0.15, 0.2) is 0 Å². The molecule has 2 aromatic carbocycles. The van der Waals surface area contributed by atoms with E-state index >= 15 is 0 Å². The Labute approximate surface area is 218 Å². The second-order valence-corrected chi connectivity index (χ2v) is 11.7. The molecular weight excluding hydrogens is 444 g/mol. The van der Waals surface area contributed by atoms with Crippen LogP contribution in [-0.2, 0) is 0 Å². The van der Waals surface area contributed by atoms with Crippen LogP contribution >= 0.6 is 0 Å². The van der Waals surface area contributed by atoms with E-state index in [-0.39, 0.29) is 23.9 Å². The second-order valence-electron chi connectivity index (χ2n) is 11.7. The van der Waals surface area contributed by atoms with Gasteiger partial charge in [-0.1, -0.05) is 80.4 Å². The minimum Gasteiger partial charge on any atom is -0.507 e. The second kappa shape index (κ2) is 12.1. The molecule has 0 aromatic heterocycles. The van der Waals surface area contributed by atoms with Crippen molar-refractivity contribution in [2.45, 2.75) is 117 Å². The van der Waals surface area contributed by atoms with Gasteiger partial charge in [-0.25, -0.2) is 0 Å². The van der Waals surface area contributed by atoms with Crippen molar-refractivity contribution in [3.05, 3.63) is 57.6 Å². The lowest BCUT2D eigenvalue weighted by Gasteiger charge is -2.26. The molecule has 0 heterocycles. The van der Waals surface area contributed by atoms with Gasteiger partial charge in [0.1, 0.15) is 11.5 Å². The topological polar surface area (TPSA) is 65.2 Å². The van der Waals surface area contributed by atoms with Gasteiger partial charge in [0.2, 0.25) is 0 Å². The Morgan fingerprint density at radius 3 is 1.28 bits per heavy atom. The van der Waals surface area contributed by atoms with E-state index in [2.05, 4.69) is 79.7 Å². The van der Waals surface area contributed by atoms with Crippen LogP contribution in [0.3, 0.4) is 0 Å². The molecule has 0 bridgehead atoms. The highest BCUT2D eigenvalue weighted by Crippen LogP contribution is 2.34. The summed E-state index contributed by atoms with van der Waals surface area (Å²) in [7, 11) is 0. The van der Waals surface area contributed by atoms with Gasteiger partial charge >= 0.3 is 0 Å². The van der Waals surface area contributed by atoms with Crippen LogP contribution in [0.25, 0.3) is 0 Å². The highest BCUT2D eigenvalue weighted by molar-refractivity contribution is 5.86. The van der Waals surface area contributed by atoms with Gasteiger partial charge in [0, 0.05) is 23.6 Å². The molecule has 0 radical (unpaired) electrons. The minimum atomic E-state index is 0.0691. The van der Waals surface area contributed by atoms with Gasteiger partial charge in [-0.05, 0) is 70.9 Å². The Morgan fingerprint density at radius 1 is 0.611 bits per heavy atom. The van der Waals surface area contributed by atoms with Crippen LogP contribution in [0.15, 0.2) is 34.3 Å². The molecule has 2 N–H and O–H groups in total. The average Bonchev–Trinajstić information content (AvgIpc) is 2.82. The smallest absolute Gasteiger partial charge is 0.127 e. The lowest BCUT2D eigenvalue weighted by molar-refractivity contribution is 0.390. The summed E-state index contributed by atoms with van der Waals surface area (Å²) in [5.41, 5.74) is 5.98. The highest BCUT2D eigenvalue weighted by atomic mass is 16.3. The molecular formula is C32H46N2O2. The van der Waals surface area contributed by atoms with Gasteiger partial charge in [0.25, 0.3) is 0 Å². The molecule has 0 spiro atoms. The molecule has 196 valence electrons. The van der Waals surface area contributed by atoms with Gasteiger partial charge in [-0.2, -0.15) is 0 Å². The number of aromatic hydroxyl groups is 2. The van der Waals surface area contributed by atoms with Crippen molar-refractivity contribution < 1.29 is 10.2 Å². The van der Waals surface area contributed by atoms with E-state index in [1.54, 1.807) is 0 Å². The van der Waals surface area contributed by atoms with Crippen LogP contribution in [0.1, 0.15) is 138 Å². The zero-order valence-electron chi connectivity index (χ0n) is 23.5. The molecule has 0 aliphatic heterocycles. The molecule has 4 heteroatoms. The molecule has 1 aliphatic carbocycles. The Morgan fingerprint density at radius 2 is 0.972 bits per heavy atom. The van der Waals surface area contributed by atoms with Gasteiger partial charge in [-0.3, -0.25) is 9.98 Å². The molecule has 0 amide bonds. The van der Waals surface area contributed by atoms with Crippen LogP contribution in [0.5, 0.6) is 11.5 Å². The third-order valence-electron chi connectivity index (χ3n) is 7.46. The van der Waals surface area contributed by atoms with Gasteiger partial charge < -0.3 is 10.2 Å². The molecule has 1 aliphatic rings. The van der Waals surface area contributed by atoms with E-state index in [0.29, 0.717) is 23.3 Å². The van der Waals surface area contributed by atoms with Crippen molar-refractivity contribution in [1.82, 2.24) is 0 Å². The minimum absolute atomic E-state index is 0.0691. The molecule has 1 saturated carbocycles. The quantitative estimate of drug-likeness (QED) is 0.365. The van der Waals surface area contributed by atoms with Crippen molar-refractivity contribution in [3.8, 4) is 11.5 Å². The fourth-order valence-corrected chi connectivity index (χ4v) is 4.94. The summed E-state index contributed by atoms with van der Waals surface area (Å²) >= 11 is 0.